The van der Waals surface area contributed by atoms with E-state index in [2.05, 4.69) is 20.6 Å². The van der Waals surface area contributed by atoms with Gasteiger partial charge in [-0.05, 0) is 44.7 Å². The van der Waals surface area contributed by atoms with Crippen molar-refractivity contribution < 1.29 is 9.32 Å². The summed E-state index contributed by atoms with van der Waals surface area (Å²) in [6.45, 7) is 5.42. The molecular formula is C18H26N6O2. The standard InChI is InChI=1S/C18H26N6O2/c1-12-9-15(21-23(12)2)18(25)24-7-4-13(5-8-24)10-16-20-17(26-22-16)14-3-6-19-11-14/h9,13-14,19H,3-8,10-11H2,1-2H3. The van der Waals surface area contributed by atoms with Crippen LogP contribution in [0.25, 0.3) is 0 Å². The van der Waals surface area contributed by atoms with Gasteiger partial charge in [-0.2, -0.15) is 10.1 Å². The molecule has 1 amide bonds. The molecule has 0 aliphatic carbocycles. The molecule has 8 heteroatoms. The van der Waals surface area contributed by atoms with Crippen LogP contribution in [0.1, 0.15) is 53.1 Å². The number of hydrogen-bond donors (Lipinski definition) is 1. The van der Waals surface area contributed by atoms with Gasteiger partial charge < -0.3 is 14.7 Å². The average molecular weight is 358 g/mol. The van der Waals surface area contributed by atoms with Gasteiger partial charge in [0.1, 0.15) is 0 Å². The molecule has 0 spiro atoms. The SMILES string of the molecule is Cc1cc(C(=O)N2CCC(Cc3noc(C4CCNC4)n3)CC2)nn1C. The zero-order valence-electron chi connectivity index (χ0n) is 15.4. The van der Waals surface area contributed by atoms with Crippen LogP contribution in [0.4, 0.5) is 0 Å². The number of rotatable bonds is 4. The molecule has 1 N–H and O–H groups in total. The Hall–Kier alpha value is -2.22. The van der Waals surface area contributed by atoms with E-state index in [9.17, 15) is 4.79 Å². The highest BCUT2D eigenvalue weighted by Gasteiger charge is 2.27. The summed E-state index contributed by atoms with van der Waals surface area (Å²) in [5.74, 6) is 2.46. The van der Waals surface area contributed by atoms with Gasteiger partial charge in [0, 0.05) is 38.8 Å². The van der Waals surface area contributed by atoms with Crippen LogP contribution in [0.15, 0.2) is 10.6 Å². The highest BCUT2D eigenvalue weighted by atomic mass is 16.5. The minimum absolute atomic E-state index is 0.0303. The van der Waals surface area contributed by atoms with E-state index in [0.717, 1.165) is 69.3 Å². The lowest BCUT2D eigenvalue weighted by molar-refractivity contribution is 0.0683. The molecule has 4 heterocycles. The Morgan fingerprint density at radius 2 is 2.15 bits per heavy atom. The third-order valence-corrected chi connectivity index (χ3v) is 5.60. The van der Waals surface area contributed by atoms with Gasteiger partial charge in [0.2, 0.25) is 5.89 Å². The Bertz CT molecular complexity index is 749. The van der Waals surface area contributed by atoms with E-state index < -0.39 is 0 Å². The third kappa shape index (κ3) is 3.51. The smallest absolute Gasteiger partial charge is 0.274 e. The van der Waals surface area contributed by atoms with Crippen LogP contribution in [0.3, 0.4) is 0 Å². The van der Waals surface area contributed by atoms with E-state index in [4.69, 9.17) is 4.52 Å². The molecule has 26 heavy (non-hydrogen) atoms. The lowest BCUT2D eigenvalue weighted by atomic mass is 9.93. The largest absolute Gasteiger partial charge is 0.339 e. The number of carbonyl (C=O) groups is 1. The van der Waals surface area contributed by atoms with Crippen molar-refractivity contribution in [1.82, 2.24) is 30.1 Å². The number of hydrogen-bond acceptors (Lipinski definition) is 6. The summed E-state index contributed by atoms with van der Waals surface area (Å²) in [5, 5.41) is 11.8. The zero-order chi connectivity index (χ0) is 18.1. The molecule has 4 rings (SSSR count). The number of carbonyl (C=O) groups excluding carboxylic acids is 1. The Morgan fingerprint density at radius 1 is 1.35 bits per heavy atom. The molecule has 2 aromatic rings. The number of aromatic nitrogens is 4. The molecule has 0 saturated carbocycles. The summed E-state index contributed by atoms with van der Waals surface area (Å²) in [6.07, 6.45) is 3.82. The predicted octanol–water partition coefficient (Wildman–Crippen LogP) is 1.28. The van der Waals surface area contributed by atoms with E-state index in [0.29, 0.717) is 17.5 Å². The fourth-order valence-corrected chi connectivity index (χ4v) is 3.81. The molecule has 0 radical (unpaired) electrons. The van der Waals surface area contributed by atoms with Crippen molar-refractivity contribution in [2.75, 3.05) is 26.2 Å². The van der Waals surface area contributed by atoms with E-state index in [1.165, 1.54) is 0 Å². The summed E-state index contributed by atoms with van der Waals surface area (Å²) in [6, 6.07) is 1.85. The fraction of sp³-hybridized carbons (Fsp3) is 0.667. The lowest BCUT2D eigenvalue weighted by Crippen LogP contribution is -2.39. The molecule has 2 fully saturated rings. The summed E-state index contributed by atoms with van der Waals surface area (Å²) < 4.78 is 7.19. The number of amides is 1. The van der Waals surface area contributed by atoms with Crippen LogP contribution >= 0.6 is 0 Å². The van der Waals surface area contributed by atoms with E-state index in [1.807, 2.05) is 24.9 Å². The van der Waals surface area contributed by atoms with Gasteiger partial charge in [-0.25, -0.2) is 0 Å². The molecule has 8 nitrogen and oxygen atoms in total. The van der Waals surface area contributed by atoms with Crippen LogP contribution in [-0.2, 0) is 13.5 Å². The summed E-state index contributed by atoms with van der Waals surface area (Å²) >= 11 is 0. The van der Waals surface area contributed by atoms with Crippen LogP contribution < -0.4 is 5.32 Å². The fourth-order valence-electron chi connectivity index (χ4n) is 3.81. The monoisotopic (exact) mass is 358 g/mol. The molecular weight excluding hydrogens is 332 g/mol. The van der Waals surface area contributed by atoms with Crippen molar-refractivity contribution in [3.8, 4) is 0 Å². The molecule has 140 valence electrons. The van der Waals surface area contributed by atoms with Crippen LogP contribution in [0.5, 0.6) is 0 Å². The molecule has 2 aliphatic heterocycles. The molecule has 2 saturated heterocycles. The number of likely N-dealkylation sites (tertiary alicyclic amines) is 1. The first-order valence-corrected chi connectivity index (χ1v) is 9.43. The number of piperidine rings is 1. The van der Waals surface area contributed by atoms with Crippen molar-refractivity contribution in [2.45, 2.75) is 38.5 Å². The van der Waals surface area contributed by atoms with Gasteiger partial charge in [-0.1, -0.05) is 5.16 Å². The predicted molar refractivity (Wildman–Crippen MR) is 94.8 cm³/mol. The second-order valence-electron chi connectivity index (χ2n) is 7.47. The number of nitrogens with one attached hydrogen (secondary N) is 1. The molecule has 1 unspecified atom stereocenters. The minimum atomic E-state index is 0.0303. The summed E-state index contributed by atoms with van der Waals surface area (Å²) in [5.41, 5.74) is 1.53. The highest BCUT2D eigenvalue weighted by Crippen LogP contribution is 2.24. The van der Waals surface area contributed by atoms with Crippen molar-refractivity contribution in [1.29, 1.82) is 0 Å². The van der Waals surface area contributed by atoms with Crippen LogP contribution in [0.2, 0.25) is 0 Å². The number of aryl methyl sites for hydroxylation is 2. The summed E-state index contributed by atoms with van der Waals surface area (Å²) in [4.78, 5) is 19.1. The lowest BCUT2D eigenvalue weighted by Gasteiger charge is -2.31. The van der Waals surface area contributed by atoms with Gasteiger partial charge in [0.05, 0.1) is 5.92 Å². The first-order valence-electron chi connectivity index (χ1n) is 9.43. The van der Waals surface area contributed by atoms with Crippen LogP contribution in [0, 0.1) is 12.8 Å². The Labute approximate surface area is 152 Å². The maximum atomic E-state index is 12.6. The van der Waals surface area contributed by atoms with Crippen molar-refractivity contribution in [2.24, 2.45) is 13.0 Å². The first kappa shape index (κ1) is 17.2. The third-order valence-electron chi connectivity index (χ3n) is 5.60. The normalized spacial score (nSPS) is 21.5. The molecule has 2 aromatic heterocycles. The van der Waals surface area contributed by atoms with Gasteiger partial charge in [-0.15, -0.1) is 0 Å². The van der Waals surface area contributed by atoms with Crippen molar-refractivity contribution >= 4 is 5.91 Å². The van der Waals surface area contributed by atoms with E-state index in [1.54, 1.807) is 4.68 Å². The number of nitrogens with zero attached hydrogens (tertiary/aromatic N) is 5. The maximum absolute atomic E-state index is 12.6. The van der Waals surface area contributed by atoms with Crippen LogP contribution in [-0.4, -0.2) is 56.9 Å². The van der Waals surface area contributed by atoms with Gasteiger partial charge in [-0.3, -0.25) is 9.48 Å². The molecule has 0 bridgehead atoms. The molecule has 2 aliphatic rings. The van der Waals surface area contributed by atoms with Crippen molar-refractivity contribution in [3.63, 3.8) is 0 Å². The summed E-state index contributed by atoms with van der Waals surface area (Å²) in [7, 11) is 1.86. The second-order valence-corrected chi connectivity index (χ2v) is 7.47. The topological polar surface area (TPSA) is 89.1 Å². The maximum Gasteiger partial charge on any atom is 0.274 e. The highest BCUT2D eigenvalue weighted by molar-refractivity contribution is 5.92. The quantitative estimate of drug-likeness (QED) is 0.886. The molecule has 0 aromatic carbocycles. The van der Waals surface area contributed by atoms with Gasteiger partial charge in [0.25, 0.3) is 5.91 Å². The minimum Gasteiger partial charge on any atom is -0.339 e. The van der Waals surface area contributed by atoms with Gasteiger partial charge >= 0.3 is 0 Å². The van der Waals surface area contributed by atoms with Crippen molar-refractivity contribution in [3.05, 3.63) is 29.2 Å². The molecule has 1 atom stereocenters. The van der Waals surface area contributed by atoms with Gasteiger partial charge in [0.15, 0.2) is 11.5 Å². The average Bonchev–Trinajstić information content (AvgIpc) is 3.37. The first-order chi connectivity index (χ1) is 12.6. The zero-order valence-corrected chi connectivity index (χ0v) is 15.4. The second kappa shape index (κ2) is 7.19. The Kier molecular flexibility index (Phi) is 4.76. The van der Waals surface area contributed by atoms with E-state index >= 15 is 0 Å². The Balaban J connectivity index is 1.30. The Morgan fingerprint density at radius 3 is 2.81 bits per heavy atom. The van der Waals surface area contributed by atoms with E-state index in [-0.39, 0.29) is 5.91 Å².